The number of anilines is 1. The van der Waals surface area contributed by atoms with E-state index in [2.05, 4.69) is 66.4 Å². The summed E-state index contributed by atoms with van der Waals surface area (Å²) >= 11 is 0. The lowest BCUT2D eigenvalue weighted by Gasteiger charge is -2.37. The van der Waals surface area contributed by atoms with Crippen molar-refractivity contribution >= 4 is 22.5 Å². The number of nitrogens with zero attached hydrogens (tertiary/aromatic N) is 1. The second-order valence-corrected chi connectivity index (χ2v) is 9.91. The quantitative estimate of drug-likeness (QED) is 0.293. The summed E-state index contributed by atoms with van der Waals surface area (Å²) in [5.74, 6) is 2.98. The molecule has 0 amide bonds. The van der Waals surface area contributed by atoms with E-state index in [1.807, 2.05) is 24.3 Å². The molecule has 0 aromatic heterocycles. The van der Waals surface area contributed by atoms with Gasteiger partial charge in [0.1, 0.15) is 11.5 Å². The van der Waals surface area contributed by atoms with E-state index in [0.717, 1.165) is 70.8 Å². The Morgan fingerprint density at radius 2 is 1.41 bits per heavy atom. The summed E-state index contributed by atoms with van der Waals surface area (Å²) in [6, 6.07) is 23.0. The fraction of sp³-hybridized carbons (Fsp3) is 0.273. The third-order valence-corrected chi connectivity index (χ3v) is 7.78. The van der Waals surface area contributed by atoms with E-state index in [1.165, 1.54) is 5.69 Å². The summed E-state index contributed by atoms with van der Waals surface area (Å²) in [7, 11) is 4.99. The molecule has 0 saturated carbocycles. The molecule has 2 heterocycles. The second-order valence-electron chi connectivity index (χ2n) is 9.91. The molecule has 0 spiro atoms. The molecule has 1 unspecified atom stereocenters. The third kappa shape index (κ3) is 4.35. The molecule has 4 aromatic rings. The first-order valence-corrected chi connectivity index (χ1v) is 13.2. The van der Waals surface area contributed by atoms with Crippen LogP contribution >= 0.6 is 0 Å². The second kappa shape index (κ2) is 10.2. The van der Waals surface area contributed by atoms with Crippen LogP contribution in [0.3, 0.4) is 0 Å². The maximum atomic E-state index is 7.16. The Bertz CT molecular complexity index is 1520. The van der Waals surface area contributed by atoms with Crippen molar-refractivity contribution in [2.24, 2.45) is 0 Å². The molecule has 2 aliphatic heterocycles. The van der Waals surface area contributed by atoms with Gasteiger partial charge in [-0.3, -0.25) is 0 Å². The van der Waals surface area contributed by atoms with Gasteiger partial charge in [0.15, 0.2) is 17.1 Å². The minimum absolute atomic E-state index is 0.666. The first-order valence-electron chi connectivity index (χ1n) is 13.2. The van der Waals surface area contributed by atoms with Crippen LogP contribution in [0.5, 0.6) is 23.0 Å². The number of fused-ring (bicyclic) bond motifs is 3. The maximum Gasteiger partial charge on any atom is 0.178 e. The molecule has 6 rings (SSSR count). The summed E-state index contributed by atoms with van der Waals surface area (Å²) in [6.45, 7) is 5.40. The molecule has 0 bridgehead atoms. The zero-order chi connectivity index (χ0) is 27.0. The number of hydrogen-bond donors (Lipinski definition) is 0. The van der Waals surface area contributed by atoms with Gasteiger partial charge in [-0.2, -0.15) is 0 Å². The van der Waals surface area contributed by atoms with Crippen molar-refractivity contribution in [3.8, 4) is 23.0 Å². The Balaban J connectivity index is 1.52. The zero-order valence-electron chi connectivity index (χ0n) is 22.8. The molecule has 1 atom stereocenters. The maximum absolute atomic E-state index is 7.16. The van der Waals surface area contributed by atoms with Crippen LogP contribution in [0.15, 0.2) is 72.8 Å². The average Bonchev–Trinajstić information content (AvgIpc) is 3.01. The van der Waals surface area contributed by atoms with E-state index < -0.39 is 5.60 Å². The third-order valence-electron chi connectivity index (χ3n) is 7.78. The van der Waals surface area contributed by atoms with Crippen LogP contribution in [0.2, 0.25) is 0 Å². The van der Waals surface area contributed by atoms with Gasteiger partial charge in [-0.15, -0.1) is 0 Å². The molecule has 6 nitrogen and oxygen atoms in total. The summed E-state index contributed by atoms with van der Waals surface area (Å²) in [6.07, 6.45) is 4.35. The monoisotopic (exact) mass is 523 g/mol. The van der Waals surface area contributed by atoms with Crippen LogP contribution in [0, 0.1) is 6.92 Å². The van der Waals surface area contributed by atoms with Gasteiger partial charge in [0.25, 0.3) is 0 Å². The van der Waals surface area contributed by atoms with Crippen LogP contribution < -0.4 is 23.8 Å². The fourth-order valence-electron chi connectivity index (χ4n) is 5.62. The predicted octanol–water partition coefficient (Wildman–Crippen LogP) is 6.36. The number of rotatable bonds is 6. The van der Waals surface area contributed by atoms with Crippen molar-refractivity contribution in [3.05, 3.63) is 95.1 Å². The number of aryl methyl sites for hydroxylation is 1. The van der Waals surface area contributed by atoms with Crippen LogP contribution in [-0.2, 0) is 10.3 Å². The van der Waals surface area contributed by atoms with Gasteiger partial charge >= 0.3 is 0 Å². The molecule has 6 heteroatoms. The summed E-state index contributed by atoms with van der Waals surface area (Å²) in [4.78, 5) is 2.36. The molecule has 4 aromatic carbocycles. The molecule has 0 aliphatic carbocycles. The van der Waals surface area contributed by atoms with E-state index >= 15 is 0 Å². The van der Waals surface area contributed by atoms with Gasteiger partial charge in [-0.25, -0.2) is 0 Å². The molecule has 39 heavy (non-hydrogen) atoms. The minimum Gasteiger partial charge on any atom is -0.497 e. The number of benzene rings is 4. The predicted molar refractivity (Wildman–Crippen MR) is 155 cm³/mol. The highest BCUT2D eigenvalue weighted by molar-refractivity contribution is 5.96. The number of ether oxygens (including phenoxy) is 5. The van der Waals surface area contributed by atoms with Gasteiger partial charge in [0.2, 0.25) is 0 Å². The van der Waals surface area contributed by atoms with Gasteiger partial charge < -0.3 is 28.6 Å². The van der Waals surface area contributed by atoms with E-state index in [9.17, 15) is 0 Å². The topological polar surface area (TPSA) is 49.4 Å². The van der Waals surface area contributed by atoms with E-state index in [-0.39, 0.29) is 0 Å². The largest absolute Gasteiger partial charge is 0.497 e. The minimum atomic E-state index is -0.837. The zero-order valence-corrected chi connectivity index (χ0v) is 22.8. The van der Waals surface area contributed by atoms with Crippen LogP contribution in [0.25, 0.3) is 16.8 Å². The molecule has 0 radical (unpaired) electrons. The van der Waals surface area contributed by atoms with Crippen molar-refractivity contribution in [2.45, 2.75) is 12.5 Å². The van der Waals surface area contributed by atoms with Crippen molar-refractivity contribution in [1.82, 2.24) is 0 Å². The molecule has 2 aliphatic rings. The van der Waals surface area contributed by atoms with Crippen molar-refractivity contribution in [3.63, 3.8) is 0 Å². The number of hydrogen-bond acceptors (Lipinski definition) is 6. The number of morpholine rings is 1. The lowest BCUT2D eigenvalue weighted by molar-refractivity contribution is 0.122. The normalized spacial score (nSPS) is 18.4. The Morgan fingerprint density at radius 1 is 0.769 bits per heavy atom. The van der Waals surface area contributed by atoms with E-state index in [1.54, 1.807) is 21.3 Å². The molecular weight excluding hydrogens is 490 g/mol. The standard InChI is InChI=1S/C33H33NO5/c1-22-19-23-20-30(36-3)31(37-4)21-29(23)32-28(22)13-14-33(39-32,25-7-11-27(35-2)12-8-25)24-5-9-26(10-6-24)34-15-17-38-18-16-34/h5-14,19-21H,15-18H2,1-4H3. The average molecular weight is 524 g/mol. The van der Waals surface area contributed by atoms with Crippen molar-refractivity contribution in [2.75, 3.05) is 52.5 Å². The lowest BCUT2D eigenvalue weighted by atomic mass is 9.82. The highest BCUT2D eigenvalue weighted by Crippen LogP contribution is 2.48. The lowest BCUT2D eigenvalue weighted by Crippen LogP contribution is -2.37. The molecular formula is C33H33NO5. The van der Waals surface area contributed by atoms with Gasteiger partial charge in [-0.05, 0) is 60.3 Å². The Morgan fingerprint density at radius 3 is 2.05 bits per heavy atom. The highest BCUT2D eigenvalue weighted by Gasteiger charge is 2.38. The first-order chi connectivity index (χ1) is 19.1. The van der Waals surface area contributed by atoms with Crippen LogP contribution in [0.4, 0.5) is 5.69 Å². The molecule has 1 fully saturated rings. The van der Waals surface area contributed by atoms with Gasteiger partial charge in [0, 0.05) is 40.9 Å². The van der Waals surface area contributed by atoms with Crippen LogP contribution in [-0.4, -0.2) is 47.6 Å². The molecule has 0 N–H and O–H groups in total. The smallest absolute Gasteiger partial charge is 0.178 e. The van der Waals surface area contributed by atoms with E-state index in [0.29, 0.717) is 11.5 Å². The van der Waals surface area contributed by atoms with Crippen molar-refractivity contribution < 1.29 is 23.7 Å². The Hall–Kier alpha value is -4.16. The number of methoxy groups -OCH3 is 3. The fourth-order valence-corrected chi connectivity index (χ4v) is 5.62. The first kappa shape index (κ1) is 25.1. The molecule has 1 saturated heterocycles. The highest BCUT2D eigenvalue weighted by atomic mass is 16.5. The van der Waals surface area contributed by atoms with Crippen LogP contribution in [0.1, 0.15) is 22.3 Å². The summed E-state index contributed by atoms with van der Waals surface area (Å²) in [5.41, 5.74) is 4.60. The van der Waals surface area contributed by atoms with E-state index in [4.69, 9.17) is 23.7 Å². The summed E-state index contributed by atoms with van der Waals surface area (Å²) < 4.78 is 29.4. The SMILES string of the molecule is COc1ccc(C2(c3ccc(N4CCOCC4)cc3)C=Cc3c(C)cc4cc(OC)c(OC)cc4c3O2)cc1. The molecule has 200 valence electrons. The van der Waals surface area contributed by atoms with Gasteiger partial charge in [-0.1, -0.05) is 36.4 Å². The van der Waals surface area contributed by atoms with Gasteiger partial charge in [0.05, 0.1) is 34.5 Å². The summed E-state index contributed by atoms with van der Waals surface area (Å²) in [5, 5.41) is 2.01. The Kier molecular flexibility index (Phi) is 6.57. The Labute approximate surface area is 229 Å². The van der Waals surface area contributed by atoms with Crippen molar-refractivity contribution in [1.29, 1.82) is 0 Å².